The van der Waals surface area contributed by atoms with E-state index in [1.54, 1.807) is 0 Å². The Morgan fingerprint density at radius 2 is 1.62 bits per heavy atom. The minimum Gasteiger partial charge on any atom is -0.511 e. The van der Waals surface area contributed by atoms with Crippen LogP contribution in [0.4, 0.5) is 0 Å². The van der Waals surface area contributed by atoms with Crippen molar-refractivity contribution in [3.63, 3.8) is 0 Å². The summed E-state index contributed by atoms with van der Waals surface area (Å²) < 4.78 is 9.58. The third-order valence-electron chi connectivity index (χ3n) is 0.494. The molecule has 0 N–H and O–H groups in total. The summed E-state index contributed by atoms with van der Waals surface area (Å²) >= 11 is 8.80. The molecule has 0 aromatic heterocycles. The van der Waals surface area contributed by atoms with Gasteiger partial charge in [0, 0.05) is 0 Å². The van der Waals surface area contributed by atoms with E-state index in [1.165, 1.54) is 11.1 Å². The van der Waals surface area contributed by atoms with Gasteiger partial charge in [-0.05, 0) is 31.0 Å². The molecule has 5 heteroatoms. The van der Waals surface area contributed by atoms with Crippen molar-refractivity contribution in [3.8, 4) is 0 Å². The molecule has 0 aliphatic carbocycles. The van der Waals surface area contributed by atoms with Gasteiger partial charge >= 0.3 is 9.28 Å². The summed E-state index contributed by atoms with van der Waals surface area (Å²) in [6.45, 7) is 1.84. The molecular weight excluding hydrogens is 160 g/mol. The molecular formula is C3H6O2S2Si. The van der Waals surface area contributed by atoms with Crippen molar-refractivity contribution in [3.05, 3.63) is 0 Å². The van der Waals surface area contributed by atoms with Crippen LogP contribution >= 0.6 is 24.4 Å². The summed E-state index contributed by atoms with van der Waals surface area (Å²) in [4.78, 5) is 0. The molecule has 0 aliphatic rings. The second kappa shape index (κ2) is 5.14. The highest BCUT2D eigenvalue weighted by atomic mass is 32.1. The van der Waals surface area contributed by atoms with Crippen LogP contribution in [0, 0.1) is 0 Å². The zero-order valence-corrected chi connectivity index (χ0v) is 7.15. The molecule has 0 aliphatic heterocycles. The zero-order chi connectivity index (χ0) is 6.41. The van der Waals surface area contributed by atoms with Crippen LogP contribution in [0.5, 0.6) is 0 Å². The number of hydrogen-bond acceptors (Lipinski definition) is 4. The summed E-state index contributed by atoms with van der Waals surface area (Å²) in [5.41, 5.74) is 2.41. The first-order valence-electron chi connectivity index (χ1n) is 1.99. The van der Waals surface area contributed by atoms with Crippen molar-refractivity contribution >= 4 is 44.8 Å². The second-order valence-electron chi connectivity index (χ2n) is 1.03. The Labute approximate surface area is 60.6 Å². The van der Waals surface area contributed by atoms with Crippen molar-refractivity contribution in [1.29, 1.82) is 0 Å². The zero-order valence-electron chi connectivity index (χ0n) is 4.37. The summed E-state index contributed by atoms with van der Waals surface area (Å²) in [6.07, 6.45) is 0. The molecule has 0 saturated carbocycles. The van der Waals surface area contributed by atoms with E-state index in [0.717, 1.165) is 0 Å². The third-order valence-corrected chi connectivity index (χ3v) is 2.15. The molecule has 0 heterocycles. The first-order chi connectivity index (χ1) is 3.81. The topological polar surface area (TPSA) is 18.5 Å². The Hall–Kier alpha value is -0.00312. The molecule has 2 nitrogen and oxygen atoms in total. The van der Waals surface area contributed by atoms with E-state index in [2.05, 4.69) is 24.4 Å². The third kappa shape index (κ3) is 4.16. The predicted molar refractivity (Wildman–Crippen MR) is 42.5 cm³/mol. The lowest BCUT2D eigenvalue weighted by molar-refractivity contribution is 0.451. The fourth-order valence-electron chi connectivity index (χ4n) is 0.189. The van der Waals surface area contributed by atoms with Crippen LogP contribution in [0.1, 0.15) is 0 Å². The monoisotopic (exact) mass is 166 g/mol. The van der Waals surface area contributed by atoms with Crippen molar-refractivity contribution in [2.24, 2.45) is 0 Å². The van der Waals surface area contributed by atoms with Crippen LogP contribution in [-0.4, -0.2) is 20.4 Å². The number of hydrogen-bond donors (Lipinski definition) is 0. The van der Waals surface area contributed by atoms with E-state index in [-0.39, 0.29) is 0 Å². The van der Waals surface area contributed by atoms with Crippen LogP contribution < -0.4 is 0 Å². The van der Waals surface area contributed by atoms with Gasteiger partial charge in [0.1, 0.15) is 11.1 Å². The minimum atomic E-state index is -1.52. The van der Waals surface area contributed by atoms with Crippen LogP contribution in [0.3, 0.4) is 0 Å². The SMILES string of the molecule is C[SiH](OC=S)OC=S. The van der Waals surface area contributed by atoms with Crippen molar-refractivity contribution in [1.82, 2.24) is 0 Å². The quantitative estimate of drug-likeness (QED) is 0.454. The van der Waals surface area contributed by atoms with Gasteiger partial charge in [-0.2, -0.15) is 0 Å². The molecule has 0 rings (SSSR count). The summed E-state index contributed by atoms with van der Waals surface area (Å²) in [5.74, 6) is 0. The van der Waals surface area contributed by atoms with E-state index >= 15 is 0 Å². The van der Waals surface area contributed by atoms with Gasteiger partial charge in [0.15, 0.2) is 0 Å². The molecule has 0 radical (unpaired) electrons. The van der Waals surface area contributed by atoms with Crippen molar-refractivity contribution < 1.29 is 8.85 Å². The van der Waals surface area contributed by atoms with Gasteiger partial charge in [-0.1, -0.05) is 0 Å². The van der Waals surface area contributed by atoms with E-state index in [1.807, 2.05) is 6.55 Å². The molecule has 0 spiro atoms. The number of rotatable bonds is 4. The average Bonchev–Trinajstić information content (AvgIpc) is 1.68. The van der Waals surface area contributed by atoms with Gasteiger partial charge in [0.05, 0.1) is 0 Å². The van der Waals surface area contributed by atoms with Gasteiger partial charge < -0.3 is 8.85 Å². The fraction of sp³-hybridized carbons (Fsp3) is 0.333. The van der Waals surface area contributed by atoms with Crippen molar-refractivity contribution in [2.45, 2.75) is 6.55 Å². The Morgan fingerprint density at radius 3 is 1.88 bits per heavy atom. The van der Waals surface area contributed by atoms with Gasteiger partial charge in [0.2, 0.25) is 0 Å². The molecule has 0 unspecified atom stereocenters. The highest BCUT2D eigenvalue weighted by molar-refractivity contribution is 7.79. The van der Waals surface area contributed by atoms with E-state index in [9.17, 15) is 0 Å². The van der Waals surface area contributed by atoms with Crippen molar-refractivity contribution in [2.75, 3.05) is 0 Å². The minimum absolute atomic E-state index is 1.20. The van der Waals surface area contributed by atoms with E-state index < -0.39 is 9.28 Å². The highest BCUT2D eigenvalue weighted by Gasteiger charge is 2.00. The van der Waals surface area contributed by atoms with E-state index in [0.29, 0.717) is 0 Å². The lowest BCUT2D eigenvalue weighted by atomic mass is 11.7. The summed E-state index contributed by atoms with van der Waals surface area (Å²) in [7, 11) is -1.52. The normalized spacial score (nSPS) is 8.25. The van der Waals surface area contributed by atoms with Crippen LogP contribution in [-0.2, 0) is 8.85 Å². The first kappa shape index (κ1) is 8.00. The molecule has 0 aromatic carbocycles. The molecule has 8 heavy (non-hydrogen) atoms. The largest absolute Gasteiger partial charge is 0.511 e. The Morgan fingerprint density at radius 1 is 1.25 bits per heavy atom. The molecule has 0 fully saturated rings. The lowest BCUT2D eigenvalue weighted by Crippen LogP contribution is -2.15. The van der Waals surface area contributed by atoms with Gasteiger partial charge in [0.25, 0.3) is 0 Å². The molecule has 46 valence electrons. The summed E-state index contributed by atoms with van der Waals surface area (Å²) in [6, 6.07) is 0. The van der Waals surface area contributed by atoms with Gasteiger partial charge in [-0.15, -0.1) is 0 Å². The maximum atomic E-state index is 4.79. The lowest BCUT2D eigenvalue weighted by Gasteiger charge is -2.04. The van der Waals surface area contributed by atoms with Gasteiger partial charge in [-0.3, -0.25) is 0 Å². The first-order valence-corrected chi connectivity index (χ1v) is 5.03. The average molecular weight is 166 g/mol. The Balaban J connectivity index is 3.16. The molecule has 0 amide bonds. The van der Waals surface area contributed by atoms with Crippen LogP contribution in [0.25, 0.3) is 0 Å². The Bertz CT molecular complexity index is 77.4. The fourth-order valence-corrected chi connectivity index (χ4v) is 1.50. The van der Waals surface area contributed by atoms with Gasteiger partial charge in [-0.25, -0.2) is 0 Å². The predicted octanol–water partition coefficient (Wildman–Crippen LogP) is 0.784. The maximum Gasteiger partial charge on any atom is 0.441 e. The number of thiocarbonyl (C=S) groups is 2. The second-order valence-corrected chi connectivity index (χ2v) is 3.10. The molecule has 0 saturated heterocycles. The standard InChI is InChI=1S/C3H6O2S2Si/c1-8(4-2-6)5-3-7/h2-3,8H,1H3. The molecule has 0 aromatic rings. The maximum absolute atomic E-state index is 4.79. The molecule has 0 atom stereocenters. The molecule has 0 bridgehead atoms. The highest BCUT2D eigenvalue weighted by Crippen LogP contribution is 1.82. The van der Waals surface area contributed by atoms with Crippen LogP contribution in [0.15, 0.2) is 0 Å². The Kier molecular flexibility index (Phi) is 5.14. The van der Waals surface area contributed by atoms with Crippen LogP contribution in [0.2, 0.25) is 6.55 Å². The van der Waals surface area contributed by atoms with E-state index in [4.69, 9.17) is 8.85 Å². The smallest absolute Gasteiger partial charge is 0.441 e. The summed E-state index contributed by atoms with van der Waals surface area (Å²) in [5, 5.41) is 0.